The number of aromatic nitrogens is 2. The molecule has 0 aliphatic carbocycles. The highest BCUT2D eigenvalue weighted by Gasteiger charge is 2.21. The summed E-state index contributed by atoms with van der Waals surface area (Å²) < 4.78 is 0. The Bertz CT molecular complexity index is 905. The monoisotopic (exact) mass is 360 g/mol. The van der Waals surface area contributed by atoms with E-state index in [-0.39, 0.29) is 5.92 Å². The molecule has 5 nitrogen and oxygen atoms in total. The van der Waals surface area contributed by atoms with Crippen molar-refractivity contribution >= 4 is 11.4 Å². The van der Waals surface area contributed by atoms with Crippen LogP contribution in [0.25, 0.3) is 0 Å². The van der Waals surface area contributed by atoms with Crippen molar-refractivity contribution in [1.82, 2.24) is 9.97 Å². The van der Waals surface area contributed by atoms with Crippen LogP contribution >= 0.6 is 0 Å². The van der Waals surface area contributed by atoms with E-state index in [2.05, 4.69) is 57.3 Å². The largest absolute Gasteiger partial charge is 0.411 e. The van der Waals surface area contributed by atoms with Crippen molar-refractivity contribution in [2.75, 3.05) is 19.0 Å². The molecule has 27 heavy (non-hydrogen) atoms. The van der Waals surface area contributed by atoms with Crippen LogP contribution in [0, 0.1) is 6.92 Å². The Morgan fingerprint density at radius 2 is 1.74 bits per heavy atom. The summed E-state index contributed by atoms with van der Waals surface area (Å²) in [6, 6.07) is 16.1. The summed E-state index contributed by atoms with van der Waals surface area (Å²) in [6.07, 6.45) is 5.76. The number of rotatable bonds is 6. The van der Waals surface area contributed by atoms with Gasteiger partial charge in [-0.25, -0.2) is 0 Å². The van der Waals surface area contributed by atoms with Gasteiger partial charge >= 0.3 is 0 Å². The van der Waals surface area contributed by atoms with Gasteiger partial charge in [-0.15, -0.1) is 0 Å². The van der Waals surface area contributed by atoms with Gasteiger partial charge in [-0.3, -0.25) is 9.97 Å². The van der Waals surface area contributed by atoms with Crippen LogP contribution in [-0.4, -0.2) is 35.0 Å². The molecule has 0 spiro atoms. The molecule has 1 aromatic carbocycles. The average Bonchev–Trinajstić information content (AvgIpc) is 2.70. The van der Waals surface area contributed by atoms with Crippen molar-refractivity contribution in [3.05, 3.63) is 89.5 Å². The van der Waals surface area contributed by atoms with Gasteiger partial charge in [0.1, 0.15) is 0 Å². The topological polar surface area (TPSA) is 61.6 Å². The van der Waals surface area contributed by atoms with E-state index in [1.807, 2.05) is 38.5 Å². The number of benzene rings is 1. The zero-order valence-corrected chi connectivity index (χ0v) is 15.9. The van der Waals surface area contributed by atoms with E-state index in [1.54, 1.807) is 12.4 Å². The lowest BCUT2D eigenvalue weighted by Crippen LogP contribution is -2.13. The van der Waals surface area contributed by atoms with Crippen molar-refractivity contribution < 1.29 is 5.21 Å². The summed E-state index contributed by atoms with van der Waals surface area (Å²) in [5, 5.41) is 13.2. The van der Waals surface area contributed by atoms with Crippen LogP contribution in [0.3, 0.4) is 0 Å². The minimum Gasteiger partial charge on any atom is -0.411 e. The Morgan fingerprint density at radius 1 is 1.04 bits per heavy atom. The van der Waals surface area contributed by atoms with Gasteiger partial charge in [0, 0.05) is 56.3 Å². The fraction of sp³-hybridized carbons (Fsp3) is 0.227. The quantitative estimate of drug-likeness (QED) is 0.405. The summed E-state index contributed by atoms with van der Waals surface area (Å²) in [7, 11) is 4.05. The number of aryl methyl sites for hydroxylation is 1. The van der Waals surface area contributed by atoms with Gasteiger partial charge in [-0.1, -0.05) is 23.4 Å². The van der Waals surface area contributed by atoms with E-state index in [9.17, 15) is 5.21 Å². The first-order valence-corrected chi connectivity index (χ1v) is 8.90. The Hall–Kier alpha value is -3.21. The van der Waals surface area contributed by atoms with Gasteiger partial charge in [-0.2, -0.15) is 0 Å². The second-order valence-electron chi connectivity index (χ2n) is 6.73. The molecule has 1 atom stereocenters. The Kier molecular flexibility index (Phi) is 5.81. The lowest BCUT2D eigenvalue weighted by Gasteiger charge is -2.21. The Balaban J connectivity index is 2.01. The molecule has 2 aromatic heterocycles. The third kappa shape index (κ3) is 4.31. The molecule has 0 amide bonds. The fourth-order valence-corrected chi connectivity index (χ4v) is 3.19. The van der Waals surface area contributed by atoms with Crippen molar-refractivity contribution in [3.63, 3.8) is 0 Å². The molecule has 0 aliphatic heterocycles. The van der Waals surface area contributed by atoms with Gasteiger partial charge in [-0.05, 0) is 48.4 Å². The van der Waals surface area contributed by atoms with Crippen LogP contribution in [0.2, 0.25) is 0 Å². The predicted octanol–water partition coefficient (Wildman–Crippen LogP) is 4.25. The third-order valence-corrected chi connectivity index (χ3v) is 4.72. The molecule has 5 heteroatoms. The van der Waals surface area contributed by atoms with E-state index in [4.69, 9.17) is 0 Å². The molecule has 0 radical (unpaired) electrons. The van der Waals surface area contributed by atoms with Crippen LogP contribution in [-0.2, 0) is 0 Å². The maximum absolute atomic E-state index is 9.65. The Morgan fingerprint density at radius 3 is 2.33 bits per heavy atom. The lowest BCUT2D eigenvalue weighted by molar-refractivity contribution is 0.317. The van der Waals surface area contributed by atoms with Gasteiger partial charge in [0.15, 0.2) is 0 Å². The molecule has 0 fully saturated rings. The smallest absolute Gasteiger partial charge is 0.0878 e. The standard InChI is InChI=1S/C22H24N4O/c1-16-5-4-12-24-22(16)20(17-6-8-19(9-7-17)26(2)3)15-21(25-27)18-10-13-23-14-11-18/h4-14,20,27H,15H2,1-3H3. The SMILES string of the molecule is Cc1cccnc1C(CC(=NO)c1ccncc1)c1ccc(N(C)C)cc1. The second-order valence-corrected chi connectivity index (χ2v) is 6.73. The van der Waals surface area contributed by atoms with Gasteiger partial charge in [0.2, 0.25) is 0 Å². The van der Waals surface area contributed by atoms with E-state index >= 15 is 0 Å². The molecule has 1 unspecified atom stereocenters. The number of anilines is 1. The molecule has 2 heterocycles. The lowest BCUT2D eigenvalue weighted by atomic mass is 9.86. The zero-order valence-electron chi connectivity index (χ0n) is 15.9. The zero-order chi connectivity index (χ0) is 19.2. The van der Waals surface area contributed by atoms with E-state index in [1.165, 1.54) is 0 Å². The first-order valence-electron chi connectivity index (χ1n) is 8.90. The van der Waals surface area contributed by atoms with E-state index < -0.39 is 0 Å². The summed E-state index contributed by atoms with van der Waals surface area (Å²) in [6.45, 7) is 2.06. The van der Waals surface area contributed by atoms with Crippen molar-refractivity contribution in [1.29, 1.82) is 0 Å². The van der Waals surface area contributed by atoms with Crippen LogP contribution in [0.1, 0.15) is 34.7 Å². The first kappa shape index (κ1) is 18.6. The maximum Gasteiger partial charge on any atom is 0.0878 e. The van der Waals surface area contributed by atoms with Gasteiger partial charge in [0.05, 0.1) is 11.4 Å². The molecule has 0 saturated carbocycles. The maximum atomic E-state index is 9.65. The molecule has 0 saturated heterocycles. The predicted molar refractivity (Wildman–Crippen MR) is 109 cm³/mol. The summed E-state index contributed by atoms with van der Waals surface area (Å²) in [5.74, 6) is -0.0125. The van der Waals surface area contributed by atoms with Gasteiger partial charge < -0.3 is 10.1 Å². The summed E-state index contributed by atoms with van der Waals surface area (Å²) in [4.78, 5) is 10.8. The van der Waals surface area contributed by atoms with Crippen LogP contribution < -0.4 is 4.90 Å². The molecular formula is C22H24N4O. The fourth-order valence-electron chi connectivity index (χ4n) is 3.19. The molecule has 3 aromatic rings. The molecule has 0 aliphatic rings. The van der Waals surface area contributed by atoms with Crippen molar-refractivity contribution in [2.45, 2.75) is 19.3 Å². The highest BCUT2D eigenvalue weighted by atomic mass is 16.4. The van der Waals surface area contributed by atoms with E-state index in [0.717, 1.165) is 28.1 Å². The molecule has 0 bridgehead atoms. The molecule has 138 valence electrons. The minimum absolute atomic E-state index is 0.0125. The summed E-state index contributed by atoms with van der Waals surface area (Å²) >= 11 is 0. The molecule has 1 N–H and O–H groups in total. The number of hydrogen-bond donors (Lipinski definition) is 1. The number of oxime groups is 1. The van der Waals surface area contributed by atoms with Crippen molar-refractivity contribution in [2.24, 2.45) is 5.16 Å². The van der Waals surface area contributed by atoms with Gasteiger partial charge in [0.25, 0.3) is 0 Å². The second kappa shape index (κ2) is 8.45. The average molecular weight is 360 g/mol. The number of hydrogen-bond acceptors (Lipinski definition) is 5. The summed E-state index contributed by atoms with van der Waals surface area (Å²) in [5.41, 5.74) is 5.86. The van der Waals surface area contributed by atoms with Crippen LogP contribution in [0.4, 0.5) is 5.69 Å². The Labute approximate surface area is 160 Å². The molecular weight excluding hydrogens is 336 g/mol. The third-order valence-electron chi connectivity index (χ3n) is 4.72. The normalized spacial score (nSPS) is 12.6. The minimum atomic E-state index is -0.0125. The van der Waals surface area contributed by atoms with E-state index in [0.29, 0.717) is 12.1 Å². The highest BCUT2D eigenvalue weighted by Crippen LogP contribution is 2.31. The van der Waals surface area contributed by atoms with Crippen molar-refractivity contribution in [3.8, 4) is 0 Å². The first-order chi connectivity index (χ1) is 13.1. The number of nitrogens with zero attached hydrogens (tertiary/aromatic N) is 4. The van der Waals surface area contributed by atoms with Crippen LogP contribution in [0.5, 0.6) is 0 Å². The highest BCUT2D eigenvalue weighted by molar-refractivity contribution is 6.00. The molecule has 3 rings (SSSR count). The number of pyridine rings is 2. The van der Waals surface area contributed by atoms with Crippen LogP contribution in [0.15, 0.2) is 72.3 Å².